The van der Waals surface area contributed by atoms with Crippen LogP contribution in [0.1, 0.15) is 5.56 Å². The van der Waals surface area contributed by atoms with E-state index in [1.807, 2.05) is 30.3 Å². The second kappa shape index (κ2) is 5.79. The van der Waals surface area contributed by atoms with E-state index in [0.29, 0.717) is 11.0 Å². The van der Waals surface area contributed by atoms with Crippen LogP contribution in [0.3, 0.4) is 0 Å². The van der Waals surface area contributed by atoms with Gasteiger partial charge in [-0.3, -0.25) is 0 Å². The SMILES string of the molecule is Cc1cscc1-c1nc(Cl)c(I)c(-c2ccccc2)n1. The van der Waals surface area contributed by atoms with Crippen molar-refractivity contribution in [2.45, 2.75) is 6.92 Å². The lowest BCUT2D eigenvalue weighted by Crippen LogP contribution is -1.97. The highest BCUT2D eigenvalue weighted by molar-refractivity contribution is 14.1. The molecular formula is C15H10ClIN2S. The summed E-state index contributed by atoms with van der Waals surface area (Å²) >= 11 is 10.1. The highest BCUT2D eigenvalue weighted by Gasteiger charge is 2.15. The molecule has 1 aromatic carbocycles. The van der Waals surface area contributed by atoms with Crippen molar-refractivity contribution in [2.75, 3.05) is 0 Å². The fourth-order valence-electron chi connectivity index (χ4n) is 1.92. The van der Waals surface area contributed by atoms with Crippen LogP contribution in [0.2, 0.25) is 5.15 Å². The fourth-order valence-corrected chi connectivity index (χ4v) is 3.47. The molecule has 0 radical (unpaired) electrons. The Kier molecular flexibility index (Phi) is 4.05. The van der Waals surface area contributed by atoms with Crippen molar-refractivity contribution in [1.82, 2.24) is 9.97 Å². The average molecular weight is 413 g/mol. The first-order valence-electron chi connectivity index (χ1n) is 5.98. The summed E-state index contributed by atoms with van der Waals surface area (Å²) in [5.74, 6) is 0.688. The van der Waals surface area contributed by atoms with Gasteiger partial charge < -0.3 is 0 Å². The van der Waals surface area contributed by atoms with Crippen molar-refractivity contribution in [3.05, 3.63) is 55.4 Å². The van der Waals surface area contributed by atoms with E-state index < -0.39 is 0 Å². The van der Waals surface area contributed by atoms with Crippen LogP contribution in [0.25, 0.3) is 22.6 Å². The molecule has 3 rings (SSSR count). The van der Waals surface area contributed by atoms with Crippen LogP contribution in [-0.2, 0) is 0 Å². The van der Waals surface area contributed by atoms with Gasteiger partial charge in [-0.2, -0.15) is 11.3 Å². The Morgan fingerprint density at radius 3 is 2.50 bits per heavy atom. The normalized spacial score (nSPS) is 10.8. The van der Waals surface area contributed by atoms with Crippen LogP contribution in [0.5, 0.6) is 0 Å². The Morgan fingerprint density at radius 1 is 1.10 bits per heavy atom. The summed E-state index contributed by atoms with van der Waals surface area (Å²) in [4.78, 5) is 9.13. The van der Waals surface area contributed by atoms with Gasteiger partial charge in [-0.05, 0) is 40.5 Å². The molecule has 0 unspecified atom stereocenters. The molecule has 20 heavy (non-hydrogen) atoms. The molecule has 0 bridgehead atoms. The molecule has 0 atom stereocenters. The maximum absolute atomic E-state index is 6.28. The first-order valence-corrected chi connectivity index (χ1v) is 8.38. The summed E-state index contributed by atoms with van der Waals surface area (Å²) in [5, 5.41) is 4.65. The second-order valence-corrected chi connectivity index (χ2v) is 6.52. The molecule has 100 valence electrons. The summed E-state index contributed by atoms with van der Waals surface area (Å²) in [6.45, 7) is 2.06. The van der Waals surface area contributed by atoms with Gasteiger partial charge >= 0.3 is 0 Å². The number of halogens is 2. The Morgan fingerprint density at radius 2 is 1.85 bits per heavy atom. The van der Waals surface area contributed by atoms with Crippen LogP contribution < -0.4 is 0 Å². The van der Waals surface area contributed by atoms with E-state index in [-0.39, 0.29) is 0 Å². The minimum atomic E-state index is 0.500. The molecule has 2 heterocycles. The molecule has 0 aliphatic carbocycles. The van der Waals surface area contributed by atoms with Gasteiger partial charge in [-0.15, -0.1) is 0 Å². The van der Waals surface area contributed by atoms with E-state index in [0.717, 1.165) is 20.4 Å². The Hall–Kier alpha value is -0.980. The zero-order chi connectivity index (χ0) is 14.1. The van der Waals surface area contributed by atoms with Gasteiger partial charge in [-0.25, -0.2) is 9.97 Å². The van der Waals surface area contributed by atoms with Gasteiger partial charge in [0.05, 0.1) is 9.26 Å². The van der Waals surface area contributed by atoms with Crippen molar-refractivity contribution >= 4 is 45.5 Å². The van der Waals surface area contributed by atoms with Crippen LogP contribution in [0.4, 0.5) is 0 Å². The highest BCUT2D eigenvalue weighted by atomic mass is 127. The van der Waals surface area contributed by atoms with Gasteiger partial charge in [0.15, 0.2) is 5.82 Å². The zero-order valence-corrected chi connectivity index (χ0v) is 14.3. The van der Waals surface area contributed by atoms with Crippen molar-refractivity contribution < 1.29 is 0 Å². The van der Waals surface area contributed by atoms with Crippen LogP contribution in [0, 0.1) is 10.5 Å². The monoisotopic (exact) mass is 412 g/mol. The molecule has 3 aromatic rings. The molecule has 0 aliphatic heterocycles. The summed E-state index contributed by atoms with van der Waals surface area (Å²) in [6, 6.07) is 10.0. The summed E-state index contributed by atoms with van der Waals surface area (Å²) in [5.41, 5.74) is 4.15. The molecule has 2 aromatic heterocycles. The number of aryl methyl sites for hydroxylation is 1. The first kappa shape index (κ1) is 14.0. The number of aromatic nitrogens is 2. The quantitative estimate of drug-likeness (QED) is 0.414. The van der Waals surface area contributed by atoms with Crippen LogP contribution >= 0.6 is 45.5 Å². The standard InChI is InChI=1S/C15H10ClIN2S/c1-9-7-20-8-11(9)15-18-13(12(17)14(16)19-15)10-5-3-2-4-6-10/h2-8H,1H3. The van der Waals surface area contributed by atoms with Crippen LogP contribution in [-0.4, -0.2) is 9.97 Å². The lowest BCUT2D eigenvalue weighted by molar-refractivity contribution is 1.16. The molecule has 0 fully saturated rings. The fraction of sp³-hybridized carbons (Fsp3) is 0.0667. The van der Waals surface area contributed by atoms with Gasteiger partial charge in [0.1, 0.15) is 5.15 Å². The molecule has 0 aliphatic rings. The third-order valence-corrected chi connectivity index (χ3v) is 5.43. The Labute approximate surface area is 140 Å². The van der Waals surface area contributed by atoms with E-state index in [1.165, 1.54) is 5.56 Å². The van der Waals surface area contributed by atoms with E-state index in [1.54, 1.807) is 11.3 Å². The summed E-state index contributed by atoms with van der Waals surface area (Å²) in [7, 11) is 0. The second-order valence-electron chi connectivity index (χ2n) is 4.34. The Balaban J connectivity index is 2.21. The lowest BCUT2D eigenvalue weighted by atomic mass is 10.1. The van der Waals surface area contributed by atoms with E-state index >= 15 is 0 Å². The first-order chi connectivity index (χ1) is 9.66. The topological polar surface area (TPSA) is 25.8 Å². The van der Waals surface area contributed by atoms with Crippen molar-refractivity contribution in [3.8, 4) is 22.6 Å². The summed E-state index contributed by atoms with van der Waals surface area (Å²) < 4.78 is 0.882. The van der Waals surface area contributed by atoms with E-state index in [9.17, 15) is 0 Å². The smallest absolute Gasteiger partial charge is 0.162 e. The predicted octanol–water partition coefficient (Wildman–Crippen LogP) is 5.44. The molecule has 0 saturated carbocycles. The van der Waals surface area contributed by atoms with Gasteiger partial charge in [0.2, 0.25) is 0 Å². The van der Waals surface area contributed by atoms with E-state index in [2.05, 4.69) is 45.3 Å². The van der Waals surface area contributed by atoms with Gasteiger partial charge in [0.25, 0.3) is 0 Å². The molecule has 0 amide bonds. The number of thiophene rings is 1. The molecule has 2 nitrogen and oxygen atoms in total. The van der Waals surface area contributed by atoms with E-state index in [4.69, 9.17) is 16.6 Å². The maximum atomic E-state index is 6.28. The number of hydrogen-bond acceptors (Lipinski definition) is 3. The lowest BCUT2D eigenvalue weighted by Gasteiger charge is -2.08. The maximum Gasteiger partial charge on any atom is 0.162 e. The highest BCUT2D eigenvalue weighted by Crippen LogP contribution is 2.32. The van der Waals surface area contributed by atoms with Crippen molar-refractivity contribution in [1.29, 1.82) is 0 Å². The predicted molar refractivity (Wildman–Crippen MR) is 93.2 cm³/mol. The van der Waals surface area contributed by atoms with Gasteiger partial charge in [0, 0.05) is 16.5 Å². The average Bonchev–Trinajstić information content (AvgIpc) is 2.89. The van der Waals surface area contributed by atoms with Crippen molar-refractivity contribution in [3.63, 3.8) is 0 Å². The molecular weight excluding hydrogens is 403 g/mol. The van der Waals surface area contributed by atoms with Crippen molar-refractivity contribution in [2.24, 2.45) is 0 Å². The van der Waals surface area contributed by atoms with Gasteiger partial charge in [-0.1, -0.05) is 41.9 Å². The third-order valence-electron chi connectivity index (χ3n) is 2.95. The largest absolute Gasteiger partial charge is 0.227 e. The molecule has 0 saturated heterocycles. The number of hydrogen-bond donors (Lipinski definition) is 0. The molecule has 0 N–H and O–H groups in total. The molecule has 5 heteroatoms. The number of benzene rings is 1. The third kappa shape index (κ3) is 2.60. The number of nitrogens with zero attached hydrogens (tertiary/aromatic N) is 2. The number of rotatable bonds is 2. The van der Waals surface area contributed by atoms with Crippen LogP contribution in [0.15, 0.2) is 41.1 Å². The minimum Gasteiger partial charge on any atom is -0.227 e. The minimum absolute atomic E-state index is 0.500. The molecule has 0 spiro atoms. The zero-order valence-electron chi connectivity index (χ0n) is 10.6. The Bertz CT molecular complexity index is 756. The summed E-state index contributed by atoms with van der Waals surface area (Å²) in [6.07, 6.45) is 0.